The Balaban J connectivity index is 1.76. The summed E-state index contributed by atoms with van der Waals surface area (Å²) in [7, 11) is 0. The van der Waals surface area contributed by atoms with Crippen LogP contribution in [0.1, 0.15) is 22.3 Å². The van der Waals surface area contributed by atoms with Crippen LogP contribution in [-0.4, -0.2) is 29.6 Å². The normalized spacial score (nSPS) is 17.4. The first kappa shape index (κ1) is 17.8. The molecule has 8 heteroatoms. The number of halogens is 3. The molecule has 2 aromatic rings. The van der Waals surface area contributed by atoms with Crippen LogP contribution in [0.5, 0.6) is 5.75 Å². The van der Waals surface area contributed by atoms with Gasteiger partial charge in [-0.25, -0.2) is 4.79 Å². The third kappa shape index (κ3) is 3.63. The van der Waals surface area contributed by atoms with Crippen LogP contribution in [0, 0.1) is 0 Å². The number of rotatable bonds is 4. The number of amides is 1. The van der Waals surface area contributed by atoms with Crippen LogP contribution in [0.2, 0.25) is 0 Å². The summed E-state index contributed by atoms with van der Waals surface area (Å²) in [5.74, 6) is -1.58. The molecular weight excluding hydrogens is 351 g/mol. The minimum Gasteiger partial charge on any atom is -0.481 e. The molecule has 0 radical (unpaired) electrons. The zero-order valence-electron chi connectivity index (χ0n) is 13.4. The monoisotopic (exact) mass is 365 g/mol. The summed E-state index contributed by atoms with van der Waals surface area (Å²) >= 11 is 0. The highest BCUT2D eigenvalue weighted by Crippen LogP contribution is 2.32. The Hall–Kier alpha value is -3.03. The zero-order chi connectivity index (χ0) is 18.9. The van der Waals surface area contributed by atoms with Crippen molar-refractivity contribution in [3.05, 3.63) is 59.7 Å². The van der Waals surface area contributed by atoms with Gasteiger partial charge in [-0.1, -0.05) is 12.1 Å². The van der Waals surface area contributed by atoms with Gasteiger partial charge >= 0.3 is 12.1 Å². The molecule has 136 valence electrons. The molecule has 0 aliphatic carbocycles. The average molecular weight is 365 g/mol. The fourth-order valence-corrected chi connectivity index (χ4v) is 2.74. The number of hydrogen-bond donors (Lipinski definition) is 1. The van der Waals surface area contributed by atoms with Gasteiger partial charge < -0.3 is 14.7 Å². The van der Waals surface area contributed by atoms with E-state index in [2.05, 4.69) is 0 Å². The summed E-state index contributed by atoms with van der Waals surface area (Å²) in [6, 6.07) is 10.2. The van der Waals surface area contributed by atoms with Crippen LogP contribution in [0.3, 0.4) is 0 Å². The number of hydrogen-bond acceptors (Lipinski definition) is 3. The number of nitrogens with zero attached hydrogens (tertiary/aromatic N) is 1. The van der Waals surface area contributed by atoms with Crippen molar-refractivity contribution >= 4 is 17.6 Å². The predicted octanol–water partition coefficient (Wildman–Crippen LogP) is 3.59. The molecule has 0 saturated carbocycles. The van der Waals surface area contributed by atoms with Crippen LogP contribution >= 0.6 is 0 Å². The first-order valence-electron chi connectivity index (χ1n) is 7.74. The Labute approximate surface area is 146 Å². The maximum Gasteiger partial charge on any atom is 0.416 e. The summed E-state index contributed by atoms with van der Waals surface area (Å²) in [5.41, 5.74) is -0.408. The van der Waals surface area contributed by atoms with E-state index in [0.717, 1.165) is 12.1 Å². The van der Waals surface area contributed by atoms with E-state index >= 15 is 0 Å². The topological polar surface area (TPSA) is 66.8 Å². The Bertz CT molecular complexity index is 850. The van der Waals surface area contributed by atoms with Crippen molar-refractivity contribution < 1.29 is 32.6 Å². The third-order valence-electron chi connectivity index (χ3n) is 4.00. The number of carboxylic acid groups (broad SMARTS) is 1. The van der Waals surface area contributed by atoms with E-state index in [4.69, 9.17) is 9.84 Å². The van der Waals surface area contributed by atoms with Crippen LogP contribution in [0.4, 0.5) is 18.9 Å². The van der Waals surface area contributed by atoms with Crippen molar-refractivity contribution in [1.82, 2.24) is 0 Å². The van der Waals surface area contributed by atoms with E-state index in [9.17, 15) is 22.8 Å². The van der Waals surface area contributed by atoms with Crippen LogP contribution < -0.4 is 9.64 Å². The van der Waals surface area contributed by atoms with E-state index in [1.165, 1.54) is 35.2 Å². The first-order chi connectivity index (χ1) is 12.3. The van der Waals surface area contributed by atoms with E-state index in [1.54, 1.807) is 6.07 Å². The molecule has 1 atom stereocenters. The number of benzene rings is 2. The quantitative estimate of drug-likeness (QED) is 0.899. The molecule has 1 N–H and O–H groups in total. The fraction of sp³-hybridized carbons (Fsp3) is 0.222. The Morgan fingerprint density at radius 3 is 2.58 bits per heavy atom. The molecule has 1 aliphatic heterocycles. The lowest BCUT2D eigenvalue weighted by Gasteiger charge is -2.18. The molecule has 5 nitrogen and oxygen atoms in total. The second kappa shape index (κ2) is 6.70. The summed E-state index contributed by atoms with van der Waals surface area (Å²) < 4.78 is 43.7. The number of ether oxygens (including phenoxy) is 1. The third-order valence-corrected chi connectivity index (χ3v) is 4.00. The van der Waals surface area contributed by atoms with Gasteiger partial charge in [0.15, 0.2) is 6.10 Å². The summed E-state index contributed by atoms with van der Waals surface area (Å²) in [6.45, 7) is 0.283. The molecule has 3 rings (SSSR count). The van der Waals surface area contributed by atoms with Gasteiger partial charge in [-0.2, -0.15) is 13.2 Å². The van der Waals surface area contributed by atoms with Gasteiger partial charge in [-0.15, -0.1) is 0 Å². The van der Waals surface area contributed by atoms with Gasteiger partial charge in [0, 0.05) is 18.7 Å². The van der Waals surface area contributed by atoms with Crippen molar-refractivity contribution in [2.45, 2.75) is 18.7 Å². The highest BCUT2D eigenvalue weighted by Gasteiger charge is 2.35. The summed E-state index contributed by atoms with van der Waals surface area (Å²) in [4.78, 5) is 24.9. The number of carbonyl (C=O) groups is 2. The molecule has 1 unspecified atom stereocenters. The molecule has 0 bridgehead atoms. The highest BCUT2D eigenvalue weighted by atomic mass is 19.4. The van der Waals surface area contributed by atoms with Gasteiger partial charge in [0.2, 0.25) is 0 Å². The smallest absolute Gasteiger partial charge is 0.416 e. The van der Waals surface area contributed by atoms with Crippen LogP contribution in [0.15, 0.2) is 48.5 Å². The minimum absolute atomic E-state index is 0.0394. The van der Waals surface area contributed by atoms with Crippen molar-refractivity contribution in [3.63, 3.8) is 0 Å². The molecular formula is C18H14F3NO4. The Morgan fingerprint density at radius 2 is 1.88 bits per heavy atom. The van der Waals surface area contributed by atoms with Gasteiger partial charge in [-0.05, 0) is 36.4 Å². The zero-order valence-corrected chi connectivity index (χ0v) is 13.4. The number of carboxylic acids is 1. The number of anilines is 1. The lowest BCUT2D eigenvalue weighted by atomic mass is 10.2. The maximum atomic E-state index is 12.8. The second-order valence-corrected chi connectivity index (χ2v) is 5.77. The average Bonchev–Trinajstić information content (AvgIpc) is 2.95. The van der Waals surface area contributed by atoms with E-state index in [-0.39, 0.29) is 24.3 Å². The predicted molar refractivity (Wildman–Crippen MR) is 86.2 cm³/mol. The Morgan fingerprint density at radius 1 is 1.15 bits per heavy atom. The molecule has 1 aliphatic rings. The van der Waals surface area contributed by atoms with Gasteiger partial charge in [0.05, 0.1) is 11.1 Å². The van der Waals surface area contributed by atoms with E-state index < -0.39 is 29.7 Å². The molecule has 1 amide bonds. The summed E-state index contributed by atoms with van der Waals surface area (Å²) in [6.07, 6.45) is -5.14. The van der Waals surface area contributed by atoms with Gasteiger partial charge in [-0.3, -0.25) is 4.79 Å². The molecule has 0 spiro atoms. The SMILES string of the molecule is O=C(O)c1cccc(N2CCC(Oc3cccc(C(F)(F)F)c3)C2=O)c1. The lowest BCUT2D eigenvalue weighted by molar-refractivity contribution is -0.137. The first-order valence-corrected chi connectivity index (χ1v) is 7.74. The van der Waals surface area contributed by atoms with Crippen LogP contribution in [-0.2, 0) is 11.0 Å². The van der Waals surface area contributed by atoms with Crippen LogP contribution in [0.25, 0.3) is 0 Å². The van der Waals surface area contributed by atoms with Crippen molar-refractivity contribution in [2.24, 2.45) is 0 Å². The number of carbonyl (C=O) groups excluding carboxylic acids is 1. The van der Waals surface area contributed by atoms with Gasteiger partial charge in [0.1, 0.15) is 5.75 Å². The van der Waals surface area contributed by atoms with Crippen molar-refractivity contribution in [1.29, 1.82) is 0 Å². The molecule has 1 heterocycles. The molecule has 0 aromatic heterocycles. The van der Waals surface area contributed by atoms with E-state index in [0.29, 0.717) is 5.69 Å². The van der Waals surface area contributed by atoms with E-state index in [1.807, 2.05) is 0 Å². The molecule has 1 saturated heterocycles. The largest absolute Gasteiger partial charge is 0.481 e. The van der Waals surface area contributed by atoms with Gasteiger partial charge in [0.25, 0.3) is 5.91 Å². The number of alkyl halides is 3. The minimum atomic E-state index is -4.50. The standard InChI is InChI=1S/C18H14F3NO4/c19-18(20,21)12-4-2-6-14(10-12)26-15-7-8-22(16(15)23)13-5-1-3-11(9-13)17(24)25/h1-6,9-10,15H,7-8H2,(H,24,25). The Kier molecular flexibility index (Phi) is 4.58. The maximum absolute atomic E-state index is 12.8. The molecule has 26 heavy (non-hydrogen) atoms. The van der Waals surface area contributed by atoms with Crippen molar-refractivity contribution in [2.75, 3.05) is 11.4 Å². The highest BCUT2D eigenvalue weighted by molar-refractivity contribution is 6.00. The van der Waals surface area contributed by atoms with Crippen molar-refractivity contribution in [3.8, 4) is 5.75 Å². The molecule has 1 fully saturated rings. The fourth-order valence-electron chi connectivity index (χ4n) is 2.74. The summed E-state index contributed by atoms with van der Waals surface area (Å²) in [5, 5.41) is 9.04. The molecule has 2 aromatic carbocycles. The lowest BCUT2D eigenvalue weighted by Crippen LogP contribution is -2.32. The number of aromatic carboxylic acids is 1. The second-order valence-electron chi connectivity index (χ2n) is 5.77.